The van der Waals surface area contributed by atoms with Gasteiger partial charge in [-0.2, -0.15) is 0 Å². The first kappa shape index (κ1) is 12.7. The van der Waals surface area contributed by atoms with Gasteiger partial charge in [-0.05, 0) is 24.3 Å². The Morgan fingerprint density at radius 2 is 2.00 bits per heavy atom. The number of halogens is 2. The number of fused-ring (bicyclic) bond motifs is 1. The zero-order chi connectivity index (χ0) is 13.6. The molecular weight excluding hydrogens is 285 g/mol. The van der Waals surface area contributed by atoms with Gasteiger partial charge in [0.1, 0.15) is 11.3 Å². The summed E-state index contributed by atoms with van der Waals surface area (Å²) in [5.41, 5.74) is 12.9. The third-order valence-corrected chi connectivity index (χ3v) is 3.87. The van der Waals surface area contributed by atoms with Crippen LogP contribution in [0.2, 0.25) is 10.0 Å². The van der Waals surface area contributed by atoms with E-state index in [2.05, 4.69) is 4.98 Å². The van der Waals surface area contributed by atoms with Crippen molar-refractivity contribution < 1.29 is 4.74 Å². The molecule has 1 aromatic heterocycles. The maximum atomic E-state index is 6.48. The number of pyridine rings is 1. The van der Waals surface area contributed by atoms with E-state index in [0.717, 1.165) is 5.56 Å². The predicted molar refractivity (Wildman–Crippen MR) is 74.3 cm³/mol. The summed E-state index contributed by atoms with van der Waals surface area (Å²) in [5.74, 6) is 0.563. The van der Waals surface area contributed by atoms with Crippen LogP contribution in [0.3, 0.4) is 0 Å². The Kier molecular flexibility index (Phi) is 2.91. The van der Waals surface area contributed by atoms with Crippen LogP contribution in [-0.2, 0) is 5.54 Å². The fraction of sp³-hybridized carbons (Fsp3) is 0.154. The van der Waals surface area contributed by atoms with Gasteiger partial charge in [0.25, 0.3) is 0 Å². The maximum absolute atomic E-state index is 6.48. The van der Waals surface area contributed by atoms with Crippen molar-refractivity contribution >= 4 is 23.2 Å². The van der Waals surface area contributed by atoms with Crippen molar-refractivity contribution in [2.45, 2.75) is 11.8 Å². The molecule has 4 N–H and O–H groups in total. The first-order valence-corrected chi connectivity index (χ1v) is 6.40. The molecule has 0 saturated carbocycles. The average molecular weight is 296 g/mol. The highest BCUT2D eigenvalue weighted by molar-refractivity contribution is 6.33. The molecule has 0 aliphatic carbocycles. The second kappa shape index (κ2) is 4.35. The van der Waals surface area contributed by atoms with Crippen molar-refractivity contribution in [2.75, 3.05) is 0 Å². The standard InChI is InChI=1S/C13H11Cl2N3O/c14-7-1-2-10(15)9(5-7)13(17)8-3-4-18-6-11(8)19-12(13)16/h1-6,12H,16-17H2. The third-order valence-electron chi connectivity index (χ3n) is 3.31. The molecule has 0 fully saturated rings. The van der Waals surface area contributed by atoms with Gasteiger partial charge in [-0.15, -0.1) is 0 Å². The van der Waals surface area contributed by atoms with Crippen LogP contribution in [0.1, 0.15) is 11.1 Å². The van der Waals surface area contributed by atoms with Crippen LogP contribution in [-0.4, -0.2) is 11.2 Å². The van der Waals surface area contributed by atoms with Crippen LogP contribution in [0.4, 0.5) is 0 Å². The molecule has 0 radical (unpaired) electrons. The van der Waals surface area contributed by atoms with E-state index < -0.39 is 11.8 Å². The molecule has 0 amide bonds. The van der Waals surface area contributed by atoms with E-state index in [1.54, 1.807) is 36.7 Å². The molecule has 19 heavy (non-hydrogen) atoms. The molecule has 2 atom stereocenters. The monoisotopic (exact) mass is 295 g/mol. The molecular formula is C13H11Cl2N3O. The molecule has 0 spiro atoms. The summed E-state index contributed by atoms with van der Waals surface area (Å²) in [4.78, 5) is 3.99. The van der Waals surface area contributed by atoms with Crippen LogP contribution in [0.15, 0.2) is 36.7 Å². The van der Waals surface area contributed by atoms with Gasteiger partial charge in [-0.1, -0.05) is 23.2 Å². The molecule has 1 aromatic carbocycles. The van der Waals surface area contributed by atoms with Crippen LogP contribution in [0.5, 0.6) is 5.75 Å². The van der Waals surface area contributed by atoms with E-state index in [-0.39, 0.29) is 0 Å². The Morgan fingerprint density at radius 1 is 1.21 bits per heavy atom. The Balaban J connectivity index is 2.25. The molecule has 98 valence electrons. The molecule has 0 saturated heterocycles. The number of nitrogens with zero attached hydrogens (tertiary/aromatic N) is 1. The highest BCUT2D eigenvalue weighted by Crippen LogP contribution is 2.44. The van der Waals surface area contributed by atoms with Crippen LogP contribution >= 0.6 is 23.2 Å². The van der Waals surface area contributed by atoms with Gasteiger partial charge in [-0.25, -0.2) is 0 Å². The van der Waals surface area contributed by atoms with Gasteiger partial charge in [0.2, 0.25) is 0 Å². The highest BCUT2D eigenvalue weighted by atomic mass is 35.5. The zero-order valence-electron chi connectivity index (χ0n) is 9.81. The molecule has 1 aliphatic heterocycles. The average Bonchev–Trinajstić information content (AvgIpc) is 2.66. The zero-order valence-corrected chi connectivity index (χ0v) is 11.3. The maximum Gasteiger partial charge on any atom is 0.174 e. The number of nitrogens with two attached hydrogens (primary N) is 2. The lowest BCUT2D eigenvalue weighted by Gasteiger charge is -2.29. The molecule has 2 unspecified atom stereocenters. The third kappa shape index (κ3) is 1.80. The Labute approximate surface area is 120 Å². The van der Waals surface area contributed by atoms with E-state index in [0.29, 0.717) is 21.4 Å². The van der Waals surface area contributed by atoms with Crippen molar-refractivity contribution in [1.82, 2.24) is 4.98 Å². The van der Waals surface area contributed by atoms with Crippen LogP contribution < -0.4 is 16.2 Å². The second-order valence-corrected chi connectivity index (χ2v) is 5.25. The molecule has 4 nitrogen and oxygen atoms in total. The van der Waals surface area contributed by atoms with E-state index in [1.165, 1.54) is 0 Å². The van der Waals surface area contributed by atoms with Gasteiger partial charge < -0.3 is 10.5 Å². The van der Waals surface area contributed by atoms with Gasteiger partial charge in [-0.3, -0.25) is 10.7 Å². The lowest BCUT2D eigenvalue weighted by molar-refractivity contribution is 0.177. The normalized spacial score (nSPS) is 24.9. The fourth-order valence-corrected chi connectivity index (χ4v) is 2.76. The summed E-state index contributed by atoms with van der Waals surface area (Å²) in [6.45, 7) is 0. The van der Waals surface area contributed by atoms with Gasteiger partial charge in [0.15, 0.2) is 6.23 Å². The quantitative estimate of drug-likeness (QED) is 0.846. The summed E-state index contributed by atoms with van der Waals surface area (Å²) in [6, 6.07) is 6.88. The van der Waals surface area contributed by atoms with E-state index in [9.17, 15) is 0 Å². The number of hydrogen-bond donors (Lipinski definition) is 2. The molecule has 1 aliphatic rings. The lowest BCUT2D eigenvalue weighted by Crippen LogP contribution is -2.52. The van der Waals surface area contributed by atoms with Crippen molar-refractivity contribution in [2.24, 2.45) is 11.5 Å². The molecule has 3 rings (SSSR count). The number of hydrogen-bond acceptors (Lipinski definition) is 4. The molecule has 6 heteroatoms. The van der Waals surface area contributed by atoms with Crippen molar-refractivity contribution in [3.05, 3.63) is 57.8 Å². The molecule has 0 bridgehead atoms. The Hall–Kier alpha value is -1.33. The Bertz CT molecular complexity index is 650. The minimum absolute atomic E-state index is 0.496. The Morgan fingerprint density at radius 3 is 2.79 bits per heavy atom. The highest BCUT2D eigenvalue weighted by Gasteiger charge is 2.47. The smallest absolute Gasteiger partial charge is 0.174 e. The van der Waals surface area contributed by atoms with Crippen molar-refractivity contribution in [1.29, 1.82) is 0 Å². The van der Waals surface area contributed by atoms with Gasteiger partial charge in [0, 0.05) is 27.4 Å². The predicted octanol–water partition coefficient (Wildman–Crippen LogP) is 2.27. The van der Waals surface area contributed by atoms with E-state index in [1.807, 2.05) is 0 Å². The first-order chi connectivity index (χ1) is 9.03. The van der Waals surface area contributed by atoms with Crippen LogP contribution in [0.25, 0.3) is 0 Å². The molecule has 2 heterocycles. The lowest BCUT2D eigenvalue weighted by atomic mass is 9.84. The van der Waals surface area contributed by atoms with Gasteiger partial charge in [0.05, 0.1) is 6.20 Å². The van der Waals surface area contributed by atoms with Crippen molar-refractivity contribution in [3.8, 4) is 5.75 Å². The molecule has 2 aromatic rings. The minimum Gasteiger partial charge on any atom is -0.471 e. The van der Waals surface area contributed by atoms with E-state index >= 15 is 0 Å². The number of rotatable bonds is 1. The first-order valence-electron chi connectivity index (χ1n) is 5.64. The SMILES string of the molecule is NC1Oc2cnccc2C1(N)c1cc(Cl)ccc1Cl. The summed E-state index contributed by atoms with van der Waals surface area (Å²) in [7, 11) is 0. The second-order valence-electron chi connectivity index (χ2n) is 4.40. The van der Waals surface area contributed by atoms with Crippen molar-refractivity contribution in [3.63, 3.8) is 0 Å². The summed E-state index contributed by atoms with van der Waals surface area (Å²) < 4.78 is 5.56. The number of ether oxygens (including phenoxy) is 1. The minimum atomic E-state index is -1.04. The number of benzene rings is 1. The van der Waals surface area contributed by atoms with Gasteiger partial charge >= 0.3 is 0 Å². The summed E-state index contributed by atoms with van der Waals surface area (Å²) in [6.07, 6.45) is 2.48. The summed E-state index contributed by atoms with van der Waals surface area (Å²) in [5, 5.41) is 1.04. The summed E-state index contributed by atoms with van der Waals surface area (Å²) >= 11 is 12.3. The van der Waals surface area contributed by atoms with E-state index in [4.69, 9.17) is 39.4 Å². The topological polar surface area (TPSA) is 74.2 Å². The number of aromatic nitrogens is 1. The van der Waals surface area contributed by atoms with Crippen LogP contribution in [0, 0.1) is 0 Å². The largest absolute Gasteiger partial charge is 0.471 e. The fourth-order valence-electron chi connectivity index (χ4n) is 2.31.